The van der Waals surface area contributed by atoms with Crippen molar-refractivity contribution in [3.05, 3.63) is 0 Å². The Labute approximate surface area is 63.5 Å². The van der Waals surface area contributed by atoms with E-state index in [-0.39, 0.29) is 29.5 Å². The third-order valence-electron chi connectivity index (χ3n) is 1.61. The van der Waals surface area contributed by atoms with Gasteiger partial charge in [-0.15, -0.1) is 0 Å². The number of nitrogens with zero attached hydrogens (tertiary/aromatic N) is 1. The van der Waals surface area contributed by atoms with Gasteiger partial charge in [0.05, 0.1) is 0 Å². The van der Waals surface area contributed by atoms with Crippen molar-refractivity contribution in [3.63, 3.8) is 0 Å². The monoisotopic (exact) mass is 177 g/mol. The molecule has 0 unspecified atom stereocenters. The molecular formula is C3H15N3Si3. The largest absolute Gasteiger partial charge is 0.346 e. The van der Waals surface area contributed by atoms with Crippen molar-refractivity contribution < 1.29 is 0 Å². The zero-order chi connectivity index (χ0) is 6.69. The van der Waals surface area contributed by atoms with Crippen LogP contribution >= 0.6 is 0 Å². The van der Waals surface area contributed by atoms with E-state index in [4.69, 9.17) is 0 Å². The van der Waals surface area contributed by atoms with Crippen LogP contribution in [0.2, 0.25) is 0 Å². The van der Waals surface area contributed by atoms with Crippen LogP contribution in [0.25, 0.3) is 0 Å². The van der Waals surface area contributed by atoms with Gasteiger partial charge < -0.3 is 13.5 Å². The van der Waals surface area contributed by atoms with Gasteiger partial charge in [-0.25, -0.2) is 0 Å². The summed E-state index contributed by atoms with van der Waals surface area (Å²) in [4.78, 5) is 0. The lowest BCUT2D eigenvalue weighted by Crippen LogP contribution is -2.59. The van der Waals surface area contributed by atoms with Crippen LogP contribution in [0, 0.1) is 0 Å². The highest BCUT2D eigenvalue weighted by Crippen LogP contribution is 1.90. The van der Waals surface area contributed by atoms with Crippen molar-refractivity contribution >= 4 is 29.5 Å². The summed E-state index contributed by atoms with van der Waals surface area (Å²) in [7, 11) is 0.0651. The Hall–Kier alpha value is 0.531. The maximum absolute atomic E-state index is 3.54. The van der Waals surface area contributed by atoms with Crippen LogP contribution in [0.15, 0.2) is 0 Å². The molecule has 0 aromatic carbocycles. The van der Waals surface area contributed by atoms with Gasteiger partial charge in [0.25, 0.3) is 0 Å². The molecule has 1 aliphatic rings. The zero-order valence-corrected chi connectivity index (χ0v) is 10.4. The smallest absolute Gasteiger partial charge is 0.158 e. The number of rotatable bonds is 1. The molecule has 0 saturated carbocycles. The second-order valence-electron chi connectivity index (χ2n) is 2.68. The quantitative estimate of drug-likeness (QED) is 0.415. The summed E-state index contributed by atoms with van der Waals surface area (Å²) in [6.45, 7) is 4.58. The fourth-order valence-electron chi connectivity index (χ4n) is 0.908. The van der Waals surface area contributed by atoms with Crippen molar-refractivity contribution in [2.24, 2.45) is 0 Å². The van der Waals surface area contributed by atoms with Crippen molar-refractivity contribution in [2.45, 2.75) is 19.9 Å². The summed E-state index contributed by atoms with van der Waals surface area (Å²) < 4.78 is 9.74. The maximum Gasteiger partial charge on any atom is 0.158 e. The first-order valence-corrected chi connectivity index (χ1v) is 7.55. The zero-order valence-electron chi connectivity index (χ0n) is 6.15. The highest BCUT2D eigenvalue weighted by Gasteiger charge is 2.11. The van der Waals surface area contributed by atoms with Gasteiger partial charge in [-0.2, -0.15) is 0 Å². The topological polar surface area (TPSA) is 27.3 Å². The second kappa shape index (κ2) is 3.64. The number of hydrogen-bond donors (Lipinski definition) is 2. The fraction of sp³-hybridized carbons (Fsp3) is 1.00. The standard InChI is InChI=1S/C3H15N3Si3/c1-3(2)6-8-4-7-5-9-6/h3-5H,7-9H2,1-2H3. The van der Waals surface area contributed by atoms with Crippen LogP contribution in [0.4, 0.5) is 0 Å². The van der Waals surface area contributed by atoms with E-state index in [1.807, 2.05) is 0 Å². The summed E-state index contributed by atoms with van der Waals surface area (Å²) in [5, 5.41) is 0. The van der Waals surface area contributed by atoms with Crippen LogP contribution < -0.4 is 9.30 Å². The highest BCUT2D eigenvalue weighted by molar-refractivity contribution is 6.65. The molecule has 0 atom stereocenters. The van der Waals surface area contributed by atoms with E-state index in [2.05, 4.69) is 27.4 Å². The molecule has 54 valence electrons. The Morgan fingerprint density at radius 1 is 1.22 bits per heavy atom. The van der Waals surface area contributed by atoms with Crippen molar-refractivity contribution in [1.29, 1.82) is 0 Å². The van der Waals surface area contributed by atoms with Gasteiger partial charge in [0.1, 0.15) is 0 Å². The Morgan fingerprint density at radius 2 is 1.78 bits per heavy atom. The van der Waals surface area contributed by atoms with E-state index in [1.54, 1.807) is 0 Å². The second-order valence-corrected chi connectivity index (χ2v) is 10.2. The Balaban J connectivity index is 2.23. The van der Waals surface area contributed by atoms with Gasteiger partial charge in [0, 0.05) is 0 Å². The Bertz CT molecular complexity index is 82.4. The summed E-state index contributed by atoms with van der Waals surface area (Å²) in [6, 6.07) is 0.789. The minimum atomic E-state index is 0.0193. The molecule has 0 aliphatic carbocycles. The normalized spacial score (nSPS) is 31.0. The molecule has 9 heavy (non-hydrogen) atoms. The fourth-order valence-corrected chi connectivity index (χ4v) is 10.4. The summed E-state index contributed by atoms with van der Waals surface area (Å²) in [5.74, 6) is 0. The third kappa shape index (κ3) is 2.32. The van der Waals surface area contributed by atoms with Crippen LogP contribution in [-0.2, 0) is 0 Å². The number of nitrogens with one attached hydrogen (secondary N) is 2. The molecule has 1 saturated heterocycles. The van der Waals surface area contributed by atoms with Crippen LogP contribution in [0.1, 0.15) is 13.8 Å². The van der Waals surface area contributed by atoms with Crippen molar-refractivity contribution in [3.8, 4) is 0 Å². The van der Waals surface area contributed by atoms with Crippen molar-refractivity contribution in [1.82, 2.24) is 13.5 Å². The van der Waals surface area contributed by atoms with E-state index in [0.717, 1.165) is 6.04 Å². The van der Waals surface area contributed by atoms with E-state index in [1.165, 1.54) is 0 Å². The summed E-state index contributed by atoms with van der Waals surface area (Å²) in [6.07, 6.45) is 0. The Kier molecular flexibility index (Phi) is 3.09. The van der Waals surface area contributed by atoms with E-state index in [9.17, 15) is 0 Å². The third-order valence-corrected chi connectivity index (χ3v) is 9.01. The lowest BCUT2D eigenvalue weighted by atomic mass is 10.4. The van der Waals surface area contributed by atoms with Crippen LogP contribution in [-0.4, -0.2) is 39.8 Å². The first kappa shape index (κ1) is 7.64. The molecule has 1 rings (SSSR count). The molecule has 1 aliphatic heterocycles. The van der Waals surface area contributed by atoms with E-state index < -0.39 is 0 Å². The minimum Gasteiger partial charge on any atom is -0.346 e. The van der Waals surface area contributed by atoms with Gasteiger partial charge in [-0.05, 0) is 6.04 Å². The predicted octanol–water partition coefficient (Wildman–Crippen LogP) is -3.11. The van der Waals surface area contributed by atoms with Crippen LogP contribution in [0.3, 0.4) is 0 Å². The van der Waals surface area contributed by atoms with Crippen molar-refractivity contribution in [2.75, 3.05) is 0 Å². The molecule has 0 spiro atoms. The SMILES string of the molecule is CC(C)N1[SiH2]N[SiH2]N[SiH2]1. The summed E-state index contributed by atoms with van der Waals surface area (Å²) >= 11 is 0. The first-order chi connectivity index (χ1) is 4.30. The molecule has 0 radical (unpaired) electrons. The molecule has 1 fully saturated rings. The average molecular weight is 177 g/mol. The Morgan fingerprint density at radius 3 is 2.11 bits per heavy atom. The highest BCUT2D eigenvalue weighted by atomic mass is 28.4. The molecule has 0 amide bonds. The number of hydrogen-bond acceptors (Lipinski definition) is 3. The summed E-state index contributed by atoms with van der Waals surface area (Å²) in [5.41, 5.74) is 0. The average Bonchev–Trinajstić information content (AvgIpc) is 1.90. The lowest BCUT2D eigenvalue weighted by molar-refractivity contribution is 0.538. The molecule has 0 aromatic rings. The predicted molar refractivity (Wildman–Crippen MR) is 48.9 cm³/mol. The lowest BCUT2D eigenvalue weighted by Gasteiger charge is -2.30. The van der Waals surface area contributed by atoms with Gasteiger partial charge in [0.15, 0.2) is 29.5 Å². The molecule has 1 heterocycles. The molecule has 0 bridgehead atoms. The molecular weight excluding hydrogens is 162 g/mol. The molecule has 3 nitrogen and oxygen atoms in total. The van der Waals surface area contributed by atoms with E-state index >= 15 is 0 Å². The van der Waals surface area contributed by atoms with Crippen LogP contribution in [0.5, 0.6) is 0 Å². The van der Waals surface area contributed by atoms with E-state index in [0.29, 0.717) is 0 Å². The molecule has 6 heteroatoms. The minimum absolute atomic E-state index is 0.0193. The van der Waals surface area contributed by atoms with Gasteiger partial charge in [-0.1, -0.05) is 13.8 Å². The van der Waals surface area contributed by atoms with Gasteiger partial charge in [-0.3, -0.25) is 0 Å². The first-order valence-electron chi connectivity index (χ1n) is 3.46. The van der Waals surface area contributed by atoms with Gasteiger partial charge in [0.2, 0.25) is 0 Å². The molecule has 0 aromatic heterocycles. The van der Waals surface area contributed by atoms with Gasteiger partial charge >= 0.3 is 0 Å². The maximum atomic E-state index is 3.54. The molecule has 2 N–H and O–H groups in total.